The number of nitrogens with zero attached hydrogens (tertiary/aromatic N) is 2. The fourth-order valence-corrected chi connectivity index (χ4v) is 1.73. The number of carbonyl (C=O) groups excluding carboxylic acids is 1. The normalized spacial score (nSPS) is 10.3. The van der Waals surface area contributed by atoms with Gasteiger partial charge < -0.3 is 10.3 Å². The first-order valence-corrected chi connectivity index (χ1v) is 5.94. The summed E-state index contributed by atoms with van der Waals surface area (Å²) < 4.78 is 0.773. The second-order valence-electron chi connectivity index (χ2n) is 3.01. The second-order valence-corrected chi connectivity index (χ2v) is 4.66. The Balaban J connectivity index is 2.21. The Kier molecular flexibility index (Phi) is 3.66. The fraction of sp³-hybridized carbons (Fsp3) is 0. The van der Waals surface area contributed by atoms with E-state index in [0.717, 1.165) is 4.47 Å². The highest BCUT2D eigenvalue weighted by Gasteiger charge is 2.13. The first-order valence-electron chi connectivity index (χ1n) is 4.39. The lowest BCUT2D eigenvalue weighted by molar-refractivity contribution is 0.102. The van der Waals surface area contributed by atoms with Gasteiger partial charge in [0.25, 0.3) is 5.91 Å². The summed E-state index contributed by atoms with van der Waals surface area (Å²) in [5, 5.41) is 2.71. The van der Waals surface area contributed by atoms with E-state index in [4.69, 9.17) is 23.2 Å². The van der Waals surface area contributed by atoms with E-state index in [0.29, 0.717) is 5.69 Å². The molecule has 0 fully saturated rings. The van der Waals surface area contributed by atoms with Crippen molar-refractivity contribution in [1.82, 2.24) is 15.0 Å². The molecule has 0 aromatic carbocycles. The van der Waals surface area contributed by atoms with Crippen LogP contribution in [0.4, 0.5) is 5.82 Å². The first kappa shape index (κ1) is 12.3. The smallest absolute Gasteiger partial charge is 0.273 e. The van der Waals surface area contributed by atoms with Gasteiger partial charge in [0.05, 0.1) is 0 Å². The summed E-state index contributed by atoms with van der Waals surface area (Å²) >= 11 is 14.8. The third-order valence-corrected chi connectivity index (χ3v) is 3.07. The number of amides is 1. The van der Waals surface area contributed by atoms with Crippen LogP contribution < -0.4 is 5.32 Å². The van der Waals surface area contributed by atoms with Crippen molar-refractivity contribution in [3.63, 3.8) is 0 Å². The Morgan fingerprint density at radius 3 is 2.82 bits per heavy atom. The van der Waals surface area contributed by atoms with Gasteiger partial charge in [0, 0.05) is 10.7 Å². The molecule has 8 heteroatoms. The van der Waals surface area contributed by atoms with Gasteiger partial charge in [-0.25, -0.2) is 9.97 Å². The molecule has 0 saturated carbocycles. The number of aromatic nitrogens is 3. The third-order valence-electron chi connectivity index (χ3n) is 1.87. The monoisotopic (exact) mass is 334 g/mol. The van der Waals surface area contributed by atoms with Gasteiger partial charge in [0.1, 0.15) is 17.0 Å². The molecule has 2 aromatic rings. The molecule has 2 aromatic heterocycles. The van der Waals surface area contributed by atoms with E-state index in [2.05, 4.69) is 36.2 Å². The number of rotatable bonds is 2. The summed E-state index contributed by atoms with van der Waals surface area (Å²) in [5.74, 6) is -0.199. The molecule has 0 bridgehead atoms. The number of carbonyl (C=O) groups is 1. The summed E-state index contributed by atoms with van der Waals surface area (Å²) in [6, 6.07) is 1.63. The van der Waals surface area contributed by atoms with Gasteiger partial charge in [0.15, 0.2) is 11.0 Å². The number of nitrogens with one attached hydrogen (secondary N) is 2. The molecule has 0 aliphatic rings. The standard InChI is InChI=1S/C9H5BrCl2N4O/c10-4-1-5(13-2-4)9(17)16-8-6(11)7(12)14-3-15-8/h1-3,13H,(H,14,15,16,17). The molecule has 2 N–H and O–H groups in total. The molecule has 88 valence electrons. The highest BCUT2D eigenvalue weighted by Crippen LogP contribution is 2.25. The number of halogens is 3. The molecule has 0 atom stereocenters. The van der Waals surface area contributed by atoms with Gasteiger partial charge in [-0.1, -0.05) is 23.2 Å². The van der Waals surface area contributed by atoms with Crippen LogP contribution in [0.5, 0.6) is 0 Å². The minimum absolute atomic E-state index is 0.0876. The van der Waals surface area contributed by atoms with Crippen molar-refractivity contribution >= 4 is 50.9 Å². The Morgan fingerprint density at radius 2 is 2.18 bits per heavy atom. The van der Waals surface area contributed by atoms with E-state index in [1.165, 1.54) is 6.33 Å². The molecule has 0 saturated heterocycles. The molecule has 0 aliphatic carbocycles. The zero-order valence-electron chi connectivity index (χ0n) is 8.17. The SMILES string of the molecule is O=C(Nc1ncnc(Cl)c1Cl)c1cc(Br)c[nH]1. The van der Waals surface area contributed by atoms with Crippen LogP contribution in [-0.2, 0) is 0 Å². The van der Waals surface area contributed by atoms with Crippen molar-refractivity contribution < 1.29 is 4.79 Å². The van der Waals surface area contributed by atoms with E-state index in [-0.39, 0.29) is 21.9 Å². The Hall–Kier alpha value is -1.11. The lowest BCUT2D eigenvalue weighted by Gasteiger charge is -2.04. The van der Waals surface area contributed by atoms with Crippen LogP contribution >= 0.6 is 39.1 Å². The Morgan fingerprint density at radius 1 is 1.41 bits per heavy atom. The molecular weight excluding hydrogens is 331 g/mol. The van der Waals surface area contributed by atoms with Crippen LogP contribution in [0.25, 0.3) is 0 Å². The Labute approximate surface area is 115 Å². The molecule has 0 aliphatic heterocycles. The van der Waals surface area contributed by atoms with Gasteiger partial charge in [-0.3, -0.25) is 4.79 Å². The Bertz CT molecular complexity index is 572. The minimum Gasteiger partial charge on any atom is -0.356 e. The van der Waals surface area contributed by atoms with Gasteiger partial charge >= 0.3 is 0 Å². The molecule has 0 unspecified atom stereocenters. The van der Waals surface area contributed by atoms with Crippen molar-refractivity contribution in [2.45, 2.75) is 0 Å². The number of hydrogen-bond acceptors (Lipinski definition) is 3. The zero-order valence-corrected chi connectivity index (χ0v) is 11.3. The average Bonchev–Trinajstić information content (AvgIpc) is 2.72. The van der Waals surface area contributed by atoms with E-state index in [1.807, 2.05) is 0 Å². The lowest BCUT2D eigenvalue weighted by atomic mass is 10.4. The maximum Gasteiger partial charge on any atom is 0.273 e. The summed E-state index contributed by atoms with van der Waals surface area (Å²) in [4.78, 5) is 22.1. The van der Waals surface area contributed by atoms with Gasteiger partial charge in [-0.05, 0) is 22.0 Å². The summed E-state index contributed by atoms with van der Waals surface area (Å²) in [5.41, 5.74) is 0.377. The van der Waals surface area contributed by atoms with E-state index in [1.54, 1.807) is 12.3 Å². The van der Waals surface area contributed by atoms with Crippen LogP contribution in [0.2, 0.25) is 10.2 Å². The molecule has 0 radical (unpaired) electrons. The minimum atomic E-state index is -0.368. The van der Waals surface area contributed by atoms with E-state index >= 15 is 0 Å². The summed E-state index contributed by atoms with van der Waals surface area (Å²) in [7, 11) is 0. The lowest BCUT2D eigenvalue weighted by Crippen LogP contribution is -2.13. The predicted molar refractivity (Wildman–Crippen MR) is 68.5 cm³/mol. The first-order chi connectivity index (χ1) is 8.08. The summed E-state index contributed by atoms with van der Waals surface area (Å²) in [6.07, 6.45) is 2.86. The topological polar surface area (TPSA) is 70.7 Å². The highest BCUT2D eigenvalue weighted by atomic mass is 79.9. The van der Waals surface area contributed by atoms with Gasteiger partial charge in [-0.2, -0.15) is 0 Å². The quantitative estimate of drug-likeness (QED) is 0.828. The molecule has 5 nitrogen and oxygen atoms in total. The molecule has 0 spiro atoms. The number of aromatic amines is 1. The third kappa shape index (κ3) is 2.77. The van der Waals surface area contributed by atoms with Crippen molar-refractivity contribution in [2.24, 2.45) is 0 Å². The van der Waals surface area contributed by atoms with Crippen LogP contribution in [0, 0.1) is 0 Å². The largest absolute Gasteiger partial charge is 0.356 e. The zero-order chi connectivity index (χ0) is 12.4. The van der Waals surface area contributed by atoms with Gasteiger partial charge in [0.2, 0.25) is 0 Å². The van der Waals surface area contributed by atoms with Crippen LogP contribution in [0.3, 0.4) is 0 Å². The second kappa shape index (κ2) is 5.03. The van der Waals surface area contributed by atoms with Crippen LogP contribution in [-0.4, -0.2) is 20.9 Å². The highest BCUT2D eigenvalue weighted by molar-refractivity contribution is 9.10. The molecular formula is C9H5BrCl2N4O. The number of H-pyrrole nitrogens is 1. The van der Waals surface area contributed by atoms with Crippen LogP contribution in [0.15, 0.2) is 23.1 Å². The van der Waals surface area contributed by atoms with Gasteiger partial charge in [-0.15, -0.1) is 0 Å². The van der Waals surface area contributed by atoms with Crippen molar-refractivity contribution in [3.05, 3.63) is 38.9 Å². The molecule has 1 amide bonds. The average molecular weight is 336 g/mol. The van der Waals surface area contributed by atoms with Crippen molar-refractivity contribution in [2.75, 3.05) is 5.32 Å². The van der Waals surface area contributed by atoms with Crippen molar-refractivity contribution in [3.8, 4) is 0 Å². The van der Waals surface area contributed by atoms with Crippen LogP contribution in [0.1, 0.15) is 10.5 Å². The van der Waals surface area contributed by atoms with E-state index < -0.39 is 0 Å². The molecule has 17 heavy (non-hydrogen) atoms. The van der Waals surface area contributed by atoms with Crippen molar-refractivity contribution in [1.29, 1.82) is 0 Å². The predicted octanol–water partition coefficient (Wildman–Crippen LogP) is 3.13. The maximum absolute atomic E-state index is 11.8. The fourth-order valence-electron chi connectivity index (χ4n) is 1.11. The summed E-state index contributed by atoms with van der Waals surface area (Å²) in [6.45, 7) is 0. The number of anilines is 1. The maximum atomic E-state index is 11.8. The number of hydrogen-bond donors (Lipinski definition) is 2. The molecule has 2 heterocycles. The molecule has 2 rings (SSSR count). The van der Waals surface area contributed by atoms with E-state index in [9.17, 15) is 4.79 Å².